The van der Waals surface area contributed by atoms with Crippen LogP contribution in [-0.4, -0.2) is 11.4 Å². The van der Waals surface area contributed by atoms with Crippen molar-refractivity contribution in [1.82, 2.24) is 0 Å². The van der Waals surface area contributed by atoms with Gasteiger partial charge in [0, 0.05) is 5.69 Å². The van der Waals surface area contributed by atoms with Crippen molar-refractivity contribution in [3.8, 4) is 0 Å². The van der Waals surface area contributed by atoms with Crippen molar-refractivity contribution in [3.05, 3.63) is 30.3 Å². The highest BCUT2D eigenvalue weighted by Crippen LogP contribution is 2.27. The lowest BCUT2D eigenvalue weighted by Crippen LogP contribution is -2.51. The fourth-order valence-electron chi connectivity index (χ4n) is 2.16. The summed E-state index contributed by atoms with van der Waals surface area (Å²) in [4.78, 5) is 11.9. The van der Waals surface area contributed by atoms with Gasteiger partial charge in [0.1, 0.15) is 5.54 Å². The molecule has 3 nitrogen and oxygen atoms in total. The summed E-state index contributed by atoms with van der Waals surface area (Å²) in [5, 5.41) is 3.33. The number of benzene rings is 1. The molecule has 0 saturated heterocycles. The van der Waals surface area contributed by atoms with Gasteiger partial charge >= 0.3 is 0 Å². The van der Waals surface area contributed by atoms with E-state index in [0.29, 0.717) is 12.3 Å². The summed E-state index contributed by atoms with van der Waals surface area (Å²) in [6, 6.07) is 9.78. The minimum Gasteiger partial charge on any atom is -0.371 e. The van der Waals surface area contributed by atoms with Crippen LogP contribution in [0.2, 0.25) is 0 Å². The summed E-state index contributed by atoms with van der Waals surface area (Å²) >= 11 is 0. The van der Waals surface area contributed by atoms with Crippen molar-refractivity contribution < 1.29 is 4.79 Å². The number of amides is 1. The molecule has 3 heteroatoms. The van der Waals surface area contributed by atoms with Crippen molar-refractivity contribution in [2.45, 2.75) is 45.6 Å². The zero-order valence-electron chi connectivity index (χ0n) is 11.6. The summed E-state index contributed by atoms with van der Waals surface area (Å²) in [7, 11) is 0. The Morgan fingerprint density at radius 2 is 1.94 bits per heavy atom. The molecule has 1 aromatic rings. The number of primary amides is 1. The van der Waals surface area contributed by atoms with Crippen molar-refractivity contribution in [1.29, 1.82) is 0 Å². The highest BCUT2D eigenvalue weighted by molar-refractivity contribution is 5.87. The molecule has 18 heavy (non-hydrogen) atoms. The van der Waals surface area contributed by atoms with E-state index < -0.39 is 5.54 Å². The lowest BCUT2D eigenvalue weighted by atomic mass is 9.83. The molecule has 0 aliphatic rings. The van der Waals surface area contributed by atoms with Crippen molar-refractivity contribution in [3.63, 3.8) is 0 Å². The van der Waals surface area contributed by atoms with E-state index in [4.69, 9.17) is 5.73 Å². The van der Waals surface area contributed by atoms with Crippen LogP contribution in [0.25, 0.3) is 0 Å². The van der Waals surface area contributed by atoms with E-state index in [0.717, 1.165) is 18.5 Å². The molecule has 100 valence electrons. The van der Waals surface area contributed by atoms with Crippen LogP contribution in [0.1, 0.15) is 40.0 Å². The van der Waals surface area contributed by atoms with E-state index in [9.17, 15) is 4.79 Å². The Kier molecular flexibility index (Phi) is 5.20. The molecule has 0 spiro atoms. The third kappa shape index (κ3) is 3.49. The van der Waals surface area contributed by atoms with Crippen LogP contribution in [0.4, 0.5) is 5.69 Å². The molecule has 1 aromatic carbocycles. The standard InChI is InChI=1S/C15H24N2O/c1-4-12(3)11-15(5-2,14(16)18)17-13-9-7-6-8-10-13/h6-10,12,17H,4-5,11H2,1-3H3,(H2,16,18). The lowest BCUT2D eigenvalue weighted by molar-refractivity contribution is -0.123. The maximum atomic E-state index is 11.9. The van der Waals surface area contributed by atoms with Gasteiger partial charge in [-0.1, -0.05) is 45.4 Å². The number of hydrogen-bond donors (Lipinski definition) is 2. The smallest absolute Gasteiger partial charge is 0.243 e. The first kappa shape index (κ1) is 14.6. The number of carbonyl (C=O) groups is 1. The Hall–Kier alpha value is -1.51. The molecule has 0 radical (unpaired) electrons. The van der Waals surface area contributed by atoms with Gasteiger partial charge in [-0.25, -0.2) is 0 Å². The number of anilines is 1. The van der Waals surface area contributed by atoms with Crippen molar-refractivity contribution >= 4 is 11.6 Å². The first-order valence-electron chi connectivity index (χ1n) is 6.67. The van der Waals surface area contributed by atoms with E-state index >= 15 is 0 Å². The molecular formula is C15H24N2O. The van der Waals surface area contributed by atoms with Crippen LogP contribution in [0, 0.1) is 5.92 Å². The second-order valence-corrected chi connectivity index (χ2v) is 5.01. The quantitative estimate of drug-likeness (QED) is 0.778. The van der Waals surface area contributed by atoms with Gasteiger partial charge in [-0.3, -0.25) is 4.79 Å². The Balaban J connectivity index is 2.93. The molecule has 0 saturated carbocycles. The molecule has 0 aliphatic carbocycles. The van der Waals surface area contributed by atoms with Gasteiger partial charge in [0.15, 0.2) is 0 Å². The fraction of sp³-hybridized carbons (Fsp3) is 0.533. The Bertz CT molecular complexity index is 377. The third-order valence-corrected chi connectivity index (χ3v) is 3.63. The molecule has 2 atom stereocenters. The Morgan fingerprint density at radius 1 is 1.33 bits per heavy atom. The number of nitrogens with two attached hydrogens (primary N) is 1. The molecule has 1 amide bonds. The van der Waals surface area contributed by atoms with Crippen LogP contribution >= 0.6 is 0 Å². The SMILES string of the molecule is CCC(C)CC(CC)(Nc1ccccc1)C(N)=O. The summed E-state index contributed by atoms with van der Waals surface area (Å²) in [5.74, 6) is 0.197. The number of carbonyl (C=O) groups excluding carboxylic acids is 1. The van der Waals surface area contributed by atoms with Gasteiger partial charge in [0.2, 0.25) is 5.91 Å². The second-order valence-electron chi connectivity index (χ2n) is 5.01. The van der Waals surface area contributed by atoms with Gasteiger partial charge in [0.05, 0.1) is 0 Å². The van der Waals surface area contributed by atoms with Gasteiger partial charge in [-0.15, -0.1) is 0 Å². The zero-order valence-corrected chi connectivity index (χ0v) is 11.6. The predicted molar refractivity (Wildman–Crippen MR) is 76.4 cm³/mol. The molecule has 0 aliphatic heterocycles. The van der Waals surface area contributed by atoms with Gasteiger partial charge in [-0.2, -0.15) is 0 Å². The first-order valence-corrected chi connectivity index (χ1v) is 6.67. The second kappa shape index (κ2) is 6.43. The maximum Gasteiger partial charge on any atom is 0.243 e. The van der Waals surface area contributed by atoms with E-state index in [-0.39, 0.29) is 5.91 Å². The van der Waals surface area contributed by atoms with E-state index in [1.807, 2.05) is 37.3 Å². The van der Waals surface area contributed by atoms with Gasteiger partial charge in [0.25, 0.3) is 0 Å². The number of hydrogen-bond acceptors (Lipinski definition) is 2. The molecule has 3 N–H and O–H groups in total. The summed E-state index contributed by atoms with van der Waals surface area (Å²) in [5.41, 5.74) is 5.94. The van der Waals surface area contributed by atoms with Crippen molar-refractivity contribution in [2.75, 3.05) is 5.32 Å². The summed E-state index contributed by atoms with van der Waals surface area (Å²) < 4.78 is 0. The largest absolute Gasteiger partial charge is 0.371 e. The van der Waals surface area contributed by atoms with Crippen molar-refractivity contribution in [2.24, 2.45) is 11.7 Å². The normalized spacial score (nSPS) is 15.7. The zero-order chi connectivity index (χ0) is 13.6. The minimum absolute atomic E-state index is 0.269. The summed E-state index contributed by atoms with van der Waals surface area (Å²) in [6.45, 7) is 6.29. The average molecular weight is 248 g/mol. The maximum absolute atomic E-state index is 11.9. The van der Waals surface area contributed by atoms with E-state index in [1.165, 1.54) is 0 Å². The number of nitrogens with one attached hydrogen (secondary N) is 1. The average Bonchev–Trinajstić information content (AvgIpc) is 2.38. The van der Waals surface area contributed by atoms with Crippen LogP contribution in [0.5, 0.6) is 0 Å². The van der Waals surface area contributed by atoms with Crippen LogP contribution in [0.15, 0.2) is 30.3 Å². The molecule has 0 bridgehead atoms. The lowest BCUT2D eigenvalue weighted by Gasteiger charge is -2.34. The fourth-order valence-corrected chi connectivity index (χ4v) is 2.16. The number of rotatable bonds is 7. The molecule has 0 aromatic heterocycles. The molecular weight excluding hydrogens is 224 g/mol. The van der Waals surface area contributed by atoms with Crippen LogP contribution in [-0.2, 0) is 4.79 Å². The van der Waals surface area contributed by atoms with E-state index in [1.54, 1.807) is 0 Å². The third-order valence-electron chi connectivity index (χ3n) is 3.63. The molecule has 2 unspecified atom stereocenters. The predicted octanol–water partition coefficient (Wildman–Crippen LogP) is 3.17. The monoisotopic (exact) mass is 248 g/mol. The van der Waals surface area contributed by atoms with Gasteiger partial charge < -0.3 is 11.1 Å². The highest BCUT2D eigenvalue weighted by Gasteiger charge is 2.35. The van der Waals surface area contributed by atoms with E-state index in [2.05, 4.69) is 19.2 Å². The van der Waals surface area contributed by atoms with Crippen LogP contribution in [0.3, 0.4) is 0 Å². The Morgan fingerprint density at radius 3 is 2.39 bits per heavy atom. The number of para-hydroxylation sites is 1. The van der Waals surface area contributed by atoms with Gasteiger partial charge in [-0.05, 0) is 30.9 Å². The highest BCUT2D eigenvalue weighted by atomic mass is 16.1. The molecule has 0 heterocycles. The Labute approximate surface area is 110 Å². The molecule has 0 fully saturated rings. The summed E-state index contributed by atoms with van der Waals surface area (Å²) in [6.07, 6.45) is 2.51. The minimum atomic E-state index is -0.642. The van der Waals surface area contributed by atoms with Crippen LogP contribution < -0.4 is 11.1 Å². The topological polar surface area (TPSA) is 55.1 Å². The first-order chi connectivity index (χ1) is 8.54. The molecule has 1 rings (SSSR count).